The summed E-state index contributed by atoms with van der Waals surface area (Å²) >= 11 is 0. The van der Waals surface area contributed by atoms with Crippen LogP contribution in [0.4, 0.5) is 5.69 Å². The molecule has 4 nitrogen and oxygen atoms in total. The van der Waals surface area contributed by atoms with Crippen molar-refractivity contribution >= 4 is 22.2 Å². The van der Waals surface area contributed by atoms with Gasteiger partial charge in [-0.1, -0.05) is 36.4 Å². The molecule has 1 unspecified atom stereocenters. The van der Waals surface area contributed by atoms with Gasteiger partial charge in [0, 0.05) is 28.0 Å². The highest BCUT2D eigenvalue weighted by Gasteiger charge is 2.26. The summed E-state index contributed by atoms with van der Waals surface area (Å²) in [5, 5.41) is 21.1. The van der Waals surface area contributed by atoms with Crippen LogP contribution in [0.1, 0.15) is 15.9 Å². The molecule has 0 aromatic heterocycles. The maximum absolute atomic E-state index is 12.6. The lowest BCUT2D eigenvalue weighted by atomic mass is 9.82. The van der Waals surface area contributed by atoms with Gasteiger partial charge in [-0.2, -0.15) is 5.23 Å². The number of hydrogen-bond donors (Lipinski definition) is 2. The third-order valence-corrected chi connectivity index (χ3v) is 3.98. The predicted octanol–water partition coefficient (Wildman–Crippen LogP) is 2.45. The molecule has 0 bridgehead atoms. The van der Waals surface area contributed by atoms with Crippen LogP contribution in [0, 0.1) is 5.21 Å². The Labute approximate surface area is 120 Å². The normalized spacial score (nSPS) is 14.1. The van der Waals surface area contributed by atoms with Crippen molar-refractivity contribution in [3.05, 3.63) is 70.9 Å². The van der Waals surface area contributed by atoms with Crippen molar-refractivity contribution in [2.75, 3.05) is 0 Å². The first-order valence-corrected chi connectivity index (χ1v) is 6.61. The standard InChI is InChI=1S/C17H11NO3/c19-17-12-5-2-1-4-10(12)11-8-9-15(18(20)21)13-6-3-7-14(17)16(11)13/h1-9,18,20H. The fraction of sp³-hybridized carbons (Fsp3) is 0. The zero-order valence-electron chi connectivity index (χ0n) is 11.0. The van der Waals surface area contributed by atoms with Gasteiger partial charge in [-0.15, -0.1) is 0 Å². The Bertz CT molecular complexity index is 900. The van der Waals surface area contributed by atoms with Gasteiger partial charge in [0.25, 0.3) is 0 Å². The van der Waals surface area contributed by atoms with Gasteiger partial charge < -0.3 is 5.21 Å². The number of nitrogens with one attached hydrogen (secondary N) is 1. The molecule has 3 aromatic rings. The van der Waals surface area contributed by atoms with Crippen LogP contribution >= 0.6 is 0 Å². The summed E-state index contributed by atoms with van der Waals surface area (Å²) in [5.74, 6) is -0.0498. The van der Waals surface area contributed by atoms with Gasteiger partial charge >= 0.3 is 0 Å². The van der Waals surface area contributed by atoms with Crippen LogP contribution in [0.25, 0.3) is 21.9 Å². The molecular formula is C17H11NO3. The number of rotatable bonds is 1. The first-order chi connectivity index (χ1) is 10.2. The van der Waals surface area contributed by atoms with Crippen LogP contribution in [0.5, 0.6) is 0 Å². The van der Waals surface area contributed by atoms with Crippen molar-refractivity contribution in [3.63, 3.8) is 0 Å². The second-order valence-corrected chi connectivity index (χ2v) is 5.07. The van der Waals surface area contributed by atoms with Crippen molar-refractivity contribution in [2.45, 2.75) is 0 Å². The minimum atomic E-state index is -0.981. The zero-order chi connectivity index (χ0) is 14.6. The van der Waals surface area contributed by atoms with E-state index in [1.165, 1.54) is 0 Å². The molecule has 0 saturated heterocycles. The molecule has 0 fully saturated rings. The topological polar surface area (TPSA) is 64.8 Å². The lowest BCUT2D eigenvalue weighted by Gasteiger charge is -2.22. The van der Waals surface area contributed by atoms with Gasteiger partial charge in [-0.25, -0.2) is 5.21 Å². The van der Waals surface area contributed by atoms with E-state index in [-0.39, 0.29) is 11.5 Å². The van der Waals surface area contributed by atoms with Crippen molar-refractivity contribution in [3.8, 4) is 11.1 Å². The van der Waals surface area contributed by atoms with Crippen LogP contribution in [0.3, 0.4) is 0 Å². The molecule has 3 aromatic carbocycles. The Hall–Kier alpha value is -2.53. The molecule has 1 aliphatic rings. The Morgan fingerprint density at radius 3 is 2.29 bits per heavy atom. The second kappa shape index (κ2) is 4.23. The average molecular weight is 277 g/mol. The highest BCUT2D eigenvalue weighted by Crippen LogP contribution is 2.40. The smallest absolute Gasteiger partial charge is 0.194 e. The molecule has 0 amide bonds. The summed E-state index contributed by atoms with van der Waals surface area (Å²) in [6.07, 6.45) is 0. The van der Waals surface area contributed by atoms with Crippen molar-refractivity contribution in [1.29, 1.82) is 0 Å². The highest BCUT2D eigenvalue weighted by atomic mass is 16.8. The number of fused-ring (bicyclic) bond motifs is 2. The third-order valence-electron chi connectivity index (χ3n) is 3.98. The lowest BCUT2D eigenvalue weighted by molar-refractivity contribution is -0.990. The summed E-state index contributed by atoms with van der Waals surface area (Å²) < 4.78 is 0. The predicted molar refractivity (Wildman–Crippen MR) is 78.6 cm³/mol. The van der Waals surface area contributed by atoms with E-state index in [1.54, 1.807) is 30.3 Å². The maximum Gasteiger partial charge on any atom is 0.194 e. The third kappa shape index (κ3) is 1.58. The van der Waals surface area contributed by atoms with Crippen LogP contribution in [0.2, 0.25) is 0 Å². The summed E-state index contributed by atoms with van der Waals surface area (Å²) in [5.41, 5.74) is 3.25. The molecule has 4 rings (SSSR count). The second-order valence-electron chi connectivity index (χ2n) is 5.07. The summed E-state index contributed by atoms with van der Waals surface area (Å²) in [7, 11) is 0. The van der Waals surface area contributed by atoms with E-state index in [0.717, 1.165) is 16.5 Å². The Morgan fingerprint density at radius 2 is 1.52 bits per heavy atom. The van der Waals surface area contributed by atoms with E-state index < -0.39 is 5.23 Å². The fourth-order valence-corrected chi connectivity index (χ4v) is 3.07. The van der Waals surface area contributed by atoms with Crippen LogP contribution < -0.4 is 5.23 Å². The number of benzene rings is 3. The number of quaternary nitrogens is 1. The van der Waals surface area contributed by atoms with E-state index >= 15 is 0 Å². The van der Waals surface area contributed by atoms with Gasteiger partial charge in [0.15, 0.2) is 11.5 Å². The Balaban J connectivity index is 2.21. The maximum atomic E-state index is 12.6. The largest absolute Gasteiger partial charge is 0.595 e. The minimum Gasteiger partial charge on any atom is -0.595 e. The molecule has 0 heterocycles. The molecule has 0 radical (unpaired) electrons. The molecule has 2 N–H and O–H groups in total. The van der Waals surface area contributed by atoms with Gasteiger partial charge in [-0.3, -0.25) is 4.79 Å². The van der Waals surface area contributed by atoms with E-state index in [4.69, 9.17) is 0 Å². The lowest BCUT2D eigenvalue weighted by Crippen LogP contribution is -2.99. The first kappa shape index (κ1) is 12.2. The Kier molecular flexibility index (Phi) is 2.46. The fourth-order valence-electron chi connectivity index (χ4n) is 3.07. The first-order valence-electron chi connectivity index (χ1n) is 6.61. The molecule has 102 valence electrons. The quantitative estimate of drug-likeness (QED) is 0.525. The van der Waals surface area contributed by atoms with Gasteiger partial charge in [-0.05, 0) is 23.3 Å². The summed E-state index contributed by atoms with van der Waals surface area (Å²) in [4.78, 5) is 12.6. The zero-order valence-corrected chi connectivity index (χ0v) is 11.0. The molecule has 0 spiro atoms. The van der Waals surface area contributed by atoms with Gasteiger partial charge in [0.2, 0.25) is 0 Å². The SMILES string of the molecule is O=C1c2ccccc2-c2ccc([NH+]([O-])O)c3cccc1c23. The van der Waals surface area contributed by atoms with Gasteiger partial charge in [0.05, 0.1) is 0 Å². The van der Waals surface area contributed by atoms with E-state index in [1.807, 2.05) is 24.3 Å². The number of carbonyl (C=O) groups is 1. The van der Waals surface area contributed by atoms with Crippen LogP contribution in [-0.2, 0) is 0 Å². The number of hydrogen-bond acceptors (Lipinski definition) is 3. The minimum absolute atomic E-state index is 0.0498. The average Bonchev–Trinajstić information content (AvgIpc) is 2.51. The van der Waals surface area contributed by atoms with Crippen LogP contribution in [0.15, 0.2) is 54.6 Å². The Morgan fingerprint density at radius 1 is 0.810 bits per heavy atom. The monoisotopic (exact) mass is 277 g/mol. The molecule has 0 aliphatic heterocycles. The highest BCUT2D eigenvalue weighted by molar-refractivity contribution is 6.26. The molecule has 4 heteroatoms. The van der Waals surface area contributed by atoms with Crippen molar-refractivity contribution < 1.29 is 15.2 Å². The van der Waals surface area contributed by atoms with Crippen molar-refractivity contribution in [1.82, 2.24) is 0 Å². The molecule has 1 atom stereocenters. The van der Waals surface area contributed by atoms with E-state index in [0.29, 0.717) is 16.5 Å². The van der Waals surface area contributed by atoms with Gasteiger partial charge in [0.1, 0.15) is 0 Å². The van der Waals surface area contributed by atoms with Crippen LogP contribution in [-0.4, -0.2) is 11.0 Å². The molecular weight excluding hydrogens is 266 g/mol. The number of ketones is 1. The van der Waals surface area contributed by atoms with E-state index in [2.05, 4.69) is 0 Å². The van der Waals surface area contributed by atoms with Crippen molar-refractivity contribution in [2.24, 2.45) is 0 Å². The molecule has 21 heavy (non-hydrogen) atoms. The summed E-state index contributed by atoms with van der Waals surface area (Å²) in [6, 6.07) is 16.1. The van der Waals surface area contributed by atoms with E-state index in [9.17, 15) is 15.2 Å². The molecule has 0 saturated carbocycles. The summed E-state index contributed by atoms with van der Waals surface area (Å²) in [6.45, 7) is 0. The number of carbonyl (C=O) groups excluding carboxylic acids is 1. The molecule has 1 aliphatic carbocycles.